The van der Waals surface area contributed by atoms with Crippen molar-refractivity contribution in [2.45, 2.75) is 31.4 Å². The first-order valence-corrected chi connectivity index (χ1v) is 8.35. The molecule has 1 aromatic heterocycles. The fourth-order valence-electron chi connectivity index (χ4n) is 3.14. The number of hydrogen-bond acceptors (Lipinski definition) is 7. The molecule has 124 valence electrons. The maximum absolute atomic E-state index is 12.5. The molecule has 0 saturated heterocycles. The molecule has 3 rings (SSSR count). The number of aromatic nitrogens is 1. The number of nitrogens with zero attached hydrogens (tertiary/aromatic N) is 1. The molecule has 0 spiro atoms. The van der Waals surface area contributed by atoms with E-state index in [1.165, 1.54) is 11.5 Å². The molecule has 0 unspecified atom stereocenters. The lowest BCUT2D eigenvalue weighted by atomic mass is 9.90. The Morgan fingerprint density at radius 3 is 2.48 bits per heavy atom. The van der Waals surface area contributed by atoms with E-state index in [4.69, 9.17) is 16.0 Å². The molecule has 0 amide bonds. The number of carbonyl (C=O) groups excluding carboxylic acids is 2. The van der Waals surface area contributed by atoms with Gasteiger partial charge in [0.1, 0.15) is 17.6 Å². The maximum Gasteiger partial charge on any atom is 0.269 e. The number of nitrogens with two attached hydrogens (primary N) is 2. The molecule has 10 heteroatoms. The number of fused-ring (bicyclic) bond motifs is 3. The smallest absolute Gasteiger partial charge is 0.269 e. The van der Waals surface area contributed by atoms with Crippen molar-refractivity contribution < 1.29 is 27.7 Å². The van der Waals surface area contributed by atoms with Crippen LogP contribution in [0.5, 0.6) is 0 Å². The van der Waals surface area contributed by atoms with Gasteiger partial charge in [-0.15, -0.1) is 0 Å². The largest absolute Gasteiger partial charge is 0.395 e. The summed E-state index contributed by atoms with van der Waals surface area (Å²) in [5, 5.41) is 10.2. The number of rotatable bonds is 2. The summed E-state index contributed by atoms with van der Waals surface area (Å²) in [5.41, 5.74) is 10.9. The molecule has 9 nitrogen and oxygen atoms in total. The van der Waals surface area contributed by atoms with Gasteiger partial charge in [-0.25, -0.2) is 0 Å². The summed E-state index contributed by atoms with van der Waals surface area (Å²) in [5.74, 6) is -2.13. The third kappa shape index (κ3) is 2.14. The van der Waals surface area contributed by atoms with Crippen molar-refractivity contribution in [1.82, 2.24) is 4.57 Å². The van der Waals surface area contributed by atoms with Crippen LogP contribution in [0.2, 0.25) is 0 Å². The second-order valence-electron chi connectivity index (χ2n) is 5.73. The van der Waals surface area contributed by atoms with Gasteiger partial charge in [0.15, 0.2) is 0 Å². The third-order valence-corrected chi connectivity index (χ3v) is 4.90. The van der Waals surface area contributed by atoms with Gasteiger partial charge in [-0.1, -0.05) is 0 Å². The number of hydrogen-bond donors (Lipinski definition) is 4. The van der Waals surface area contributed by atoms with Crippen molar-refractivity contribution in [3.05, 3.63) is 33.8 Å². The molecule has 2 heterocycles. The molecule has 6 N–H and O–H groups in total. The molecule has 0 bridgehead atoms. The van der Waals surface area contributed by atoms with Crippen LogP contribution >= 0.6 is 0 Å². The average molecular weight is 341 g/mol. The van der Waals surface area contributed by atoms with E-state index in [-0.39, 0.29) is 40.3 Å². The quantitative estimate of drug-likeness (QED) is 0.490. The molecule has 2 aliphatic rings. The van der Waals surface area contributed by atoms with Gasteiger partial charge < -0.3 is 21.1 Å². The number of carbonyl (C=O) groups is 2. The van der Waals surface area contributed by atoms with Crippen LogP contribution in [-0.2, 0) is 22.4 Å². The van der Waals surface area contributed by atoms with Crippen molar-refractivity contribution in [3.63, 3.8) is 0 Å². The van der Waals surface area contributed by atoms with Crippen LogP contribution in [0.3, 0.4) is 0 Å². The van der Waals surface area contributed by atoms with Crippen molar-refractivity contribution in [2.75, 3.05) is 0 Å². The van der Waals surface area contributed by atoms with Crippen molar-refractivity contribution in [2.24, 2.45) is 11.5 Å². The highest BCUT2D eigenvalue weighted by atomic mass is 32.2. The number of ketones is 2. The first-order valence-electron chi connectivity index (χ1n) is 6.74. The predicted molar refractivity (Wildman–Crippen MR) is 78.2 cm³/mol. The summed E-state index contributed by atoms with van der Waals surface area (Å²) in [6.45, 7) is 1.45. The second-order valence-corrected chi connectivity index (χ2v) is 7.18. The van der Waals surface area contributed by atoms with Crippen LogP contribution < -0.4 is 11.5 Å². The summed E-state index contributed by atoms with van der Waals surface area (Å²) in [6.07, 6.45) is -1.25. The van der Waals surface area contributed by atoms with Gasteiger partial charge in [0.25, 0.3) is 10.1 Å². The molecule has 0 aromatic carbocycles. The molecular formula is C13H15N3O6S. The predicted octanol–water partition coefficient (Wildman–Crippen LogP) is -1.14. The SMILES string of the molecule is CC1=C(N)C(=O)c2c(CS(=O)(=O)O)c3n(c2C1=O)C[C@H](N)[C@@H]3O. The first kappa shape index (κ1) is 15.9. The Kier molecular flexibility index (Phi) is 3.27. The van der Waals surface area contributed by atoms with Crippen molar-refractivity contribution in [3.8, 4) is 0 Å². The number of aliphatic hydroxyl groups excluding tert-OH is 1. The Morgan fingerprint density at radius 1 is 1.30 bits per heavy atom. The summed E-state index contributed by atoms with van der Waals surface area (Å²) in [6, 6.07) is -0.748. The van der Waals surface area contributed by atoms with E-state index < -0.39 is 39.6 Å². The third-order valence-electron chi connectivity index (χ3n) is 4.25. The van der Waals surface area contributed by atoms with Gasteiger partial charge in [-0.2, -0.15) is 8.42 Å². The van der Waals surface area contributed by atoms with Crippen molar-refractivity contribution >= 4 is 21.7 Å². The van der Waals surface area contributed by atoms with Crippen LogP contribution in [0.15, 0.2) is 11.3 Å². The molecule has 1 aromatic rings. The zero-order valence-electron chi connectivity index (χ0n) is 12.1. The van der Waals surface area contributed by atoms with E-state index in [1.54, 1.807) is 0 Å². The Bertz CT molecular complexity index is 895. The number of allylic oxidation sites excluding steroid dienone is 2. The number of Topliss-reactive ketones (excluding diaryl/α,β-unsaturated/α-hetero) is 2. The minimum Gasteiger partial charge on any atom is -0.395 e. The van der Waals surface area contributed by atoms with Gasteiger partial charge in [-0.05, 0) is 6.92 Å². The van der Waals surface area contributed by atoms with E-state index in [9.17, 15) is 23.1 Å². The topological polar surface area (TPSA) is 166 Å². The summed E-state index contributed by atoms with van der Waals surface area (Å²) < 4.78 is 33.1. The highest BCUT2D eigenvalue weighted by molar-refractivity contribution is 7.85. The molecular weight excluding hydrogens is 326 g/mol. The van der Waals surface area contributed by atoms with Crippen LogP contribution in [0, 0.1) is 0 Å². The zero-order chi connectivity index (χ0) is 17.3. The molecule has 1 aliphatic heterocycles. The van der Waals surface area contributed by atoms with E-state index >= 15 is 0 Å². The fourth-order valence-corrected chi connectivity index (χ4v) is 3.80. The summed E-state index contributed by atoms with van der Waals surface area (Å²) in [4.78, 5) is 24.9. The lowest BCUT2D eigenvalue weighted by Crippen LogP contribution is -2.30. The van der Waals surface area contributed by atoms with Gasteiger partial charge in [0.05, 0.1) is 23.0 Å². The Hall–Kier alpha value is -2.01. The van der Waals surface area contributed by atoms with Crippen LogP contribution in [-0.4, -0.2) is 40.3 Å². The molecule has 2 atom stereocenters. The lowest BCUT2D eigenvalue weighted by Gasteiger charge is -2.17. The van der Waals surface area contributed by atoms with Crippen LogP contribution in [0.1, 0.15) is 45.1 Å². The lowest BCUT2D eigenvalue weighted by molar-refractivity contribution is 0.0967. The van der Waals surface area contributed by atoms with E-state index in [0.29, 0.717) is 0 Å². The van der Waals surface area contributed by atoms with E-state index in [1.807, 2.05) is 0 Å². The van der Waals surface area contributed by atoms with Crippen LogP contribution in [0.25, 0.3) is 0 Å². The fraction of sp³-hybridized carbons (Fsp3) is 0.385. The number of aliphatic hydroxyl groups is 1. The van der Waals surface area contributed by atoms with E-state index in [2.05, 4.69) is 0 Å². The minimum absolute atomic E-state index is 0.0395. The molecule has 0 saturated carbocycles. The maximum atomic E-state index is 12.5. The molecule has 1 aliphatic carbocycles. The summed E-state index contributed by atoms with van der Waals surface area (Å²) >= 11 is 0. The van der Waals surface area contributed by atoms with Crippen molar-refractivity contribution in [1.29, 1.82) is 0 Å². The standard InChI is InChI=1S/C13H15N3O6S/c1-4-8(15)13(19)7-5(3-23(20,21)22)9-12(18)6(14)2-16(9)10(7)11(4)17/h6,12,18H,2-3,14-15H2,1H3,(H,20,21,22)/t6-,12-/m0/s1. The first-order chi connectivity index (χ1) is 10.5. The Balaban J connectivity index is 2.36. The Labute approximate surface area is 131 Å². The highest BCUT2D eigenvalue weighted by Crippen LogP contribution is 2.39. The highest BCUT2D eigenvalue weighted by Gasteiger charge is 2.43. The molecule has 23 heavy (non-hydrogen) atoms. The van der Waals surface area contributed by atoms with Crippen LogP contribution in [0.4, 0.5) is 0 Å². The van der Waals surface area contributed by atoms with Gasteiger partial charge >= 0.3 is 0 Å². The molecule has 0 radical (unpaired) electrons. The van der Waals surface area contributed by atoms with E-state index in [0.717, 1.165) is 0 Å². The Morgan fingerprint density at radius 2 is 1.91 bits per heavy atom. The van der Waals surface area contributed by atoms with Gasteiger partial charge in [0.2, 0.25) is 11.6 Å². The monoisotopic (exact) mass is 341 g/mol. The minimum atomic E-state index is -4.50. The zero-order valence-corrected chi connectivity index (χ0v) is 12.9. The summed E-state index contributed by atoms with van der Waals surface area (Å²) in [7, 11) is -4.50. The second kappa shape index (κ2) is 4.74. The molecule has 0 fully saturated rings. The van der Waals surface area contributed by atoms with Gasteiger partial charge in [0, 0.05) is 17.7 Å². The van der Waals surface area contributed by atoms with Gasteiger partial charge in [-0.3, -0.25) is 14.1 Å². The average Bonchev–Trinajstić information content (AvgIpc) is 2.89. The normalized spacial score (nSPS) is 24.2.